The number of halogens is 1. The van der Waals surface area contributed by atoms with Gasteiger partial charge in [0.15, 0.2) is 11.6 Å². The lowest BCUT2D eigenvalue weighted by Gasteiger charge is -2.19. The first kappa shape index (κ1) is 18.1. The van der Waals surface area contributed by atoms with Crippen LogP contribution in [0.5, 0.6) is 0 Å². The number of carbonyl (C=O) groups is 1. The summed E-state index contributed by atoms with van der Waals surface area (Å²) < 4.78 is 14.5. The van der Waals surface area contributed by atoms with E-state index in [1.54, 1.807) is 6.20 Å². The number of nitrogens with two attached hydrogens (primary N) is 2. The van der Waals surface area contributed by atoms with Crippen molar-refractivity contribution in [1.29, 1.82) is 0 Å². The van der Waals surface area contributed by atoms with E-state index in [1.807, 2.05) is 30.3 Å². The quantitative estimate of drug-likeness (QED) is 0.500. The maximum absolute atomic E-state index is 14.5. The molecule has 3 aromatic rings. The summed E-state index contributed by atoms with van der Waals surface area (Å²) in [5.41, 5.74) is 12.7. The van der Waals surface area contributed by atoms with Gasteiger partial charge in [-0.2, -0.15) is 0 Å². The molecule has 0 saturated heterocycles. The van der Waals surface area contributed by atoms with Gasteiger partial charge in [-0.25, -0.2) is 9.37 Å². The van der Waals surface area contributed by atoms with Crippen molar-refractivity contribution >= 4 is 34.1 Å². The number of hydrogen-bond donors (Lipinski definition) is 4. The number of pyridine rings is 2. The van der Waals surface area contributed by atoms with Gasteiger partial charge in [0.2, 0.25) is 0 Å². The van der Waals surface area contributed by atoms with Crippen molar-refractivity contribution in [3.63, 3.8) is 0 Å². The average Bonchev–Trinajstić information content (AvgIpc) is 3.53. The molecule has 1 aliphatic rings. The third-order valence-corrected chi connectivity index (χ3v) is 4.87. The van der Waals surface area contributed by atoms with Gasteiger partial charge in [0.1, 0.15) is 5.82 Å². The Morgan fingerprint density at radius 2 is 2.07 bits per heavy atom. The number of aromatic nitrogens is 2. The molecule has 1 aliphatic carbocycles. The van der Waals surface area contributed by atoms with Crippen molar-refractivity contribution in [3.05, 3.63) is 54.0 Å². The van der Waals surface area contributed by atoms with Crippen molar-refractivity contribution in [2.45, 2.75) is 18.9 Å². The van der Waals surface area contributed by atoms with Crippen LogP contribution in [0.3, 0.4) is 0 Å². The zero-order valence-corrected chi connectivity index (χ0v) is 15.2. The van der Waals surface area contributed by atoms with E-state index in [0.29, 0.717) is 18.2 Å². The SMILES string of the molecule is NC[C@H](Nc1nc(Nc2ccc3ncccc3c2)c(C(N)=O)cc1F)C1CC1. The van der Waals surface area contributed by atoms with E-state index < -0.39 is 11.7 Å². The minimum atomic E-state index is -0.763. The first-order chi connectivity index (χ1) is 13.5. The lowest BCUT2D eigenvalue weighted by atomic mass is 10.1. The standard InChI is InChI=1S/C20H21FN6O/c21-15-9-14(18(23)28)19(27-20(15)26-17(10-22)11-3-4-11)25-13-5-6-16-12(8-13)2-1-7-24-16/h1-2,5-9,11,17H,3-4,10,22H2,(H2,23,28)(H2,25,26,27)/t17-/m0/s1. The summed E-state index contributed by atoms with van der Waals surface area (Å²) in [6.07, 6.45) is 3.84. The summed E-state index contributed by atoms with van der Waals surface area (Å²) in [5.74, 6) is -0.739. The second-order valence-corrected chi connectivity index (χ2v) is 6.94. The smallest absolute Gasteiger partial charge is 0.252 e. The van der Waals surface area contributed by atoms with Gasteiger partial charge in [-0.15, -0.1) is 0 Å². The number of primary amides is 1. The van der Waals surface area contributed by atoms with Crippen LogP contribution in [0.25, 0.3) is 10.9 Å². The number of hydrogen-bond acceptors (Lipinski definition) is 6. The van der Waals surface area contributed by atoms with Crippen molar-refractivity contribution in [3.8, 4) is 0 Å². The molecular weight excluding hydrogens is 359 g/mol. The fraction of sp³-hybridized carbons (Fsp3) is 0.250. The van der Waals surface area contributed by atoms with Crippen molar-refractivity contribution < 1.29 is 9.18 Å². The number of benzene rings is 1. The highest BCUT2D eigenvalue weighted by molar-refractivity contribution is 5.99. The Morgan fingerprint density at radius 1 is 1.25 bits per heavy atom. The van der Waals surface area contributed by atoms with Crippen molar-refractivity contribution in [1.82, 2.24) is 9.97 Å². The van der Waals surface area contributed by atoms with E-state index in [2.05, 4.69) is 20.6 Å². The lowest BCUT2D eigenvalue weighted by Crippen LogP contribution is -2.32. The summed E-state index contributed by atoms with van der Waals surface area (Å²) in [6.45, 7) is 0.379. The van der Waals surface area contributed by atoms with E-state index in [4.69, 9.17) is 11.5 Å². The van der Waals surface area contributed by atoms with Gasteiger partial charge < -0.3 is 22.1 Å². The van der Waals surface area contributed by atoms with Crippen LogP contribution in [0, 0.1) is 11.7 Å². The third-order valence-electron chi connectivity index (χ3n) is 4.87. The first-order valence-electron chi connectivity index (χ1n) is 9.14. The van der Waals surface area contributed by atoms with E-state index in [0.717, 1.165) is 29.8 Å². The van der Waals surface area contributed by atoms with Crippen LogP contribution in [0.15, 0.2) is 42.6 Å². The molecule has 0 unspecified atom stereocenters. The maximum Gasteiger partial charge on any atom is 0.252 e. The molecule has 6 N–H and O–H groups in total. The second-order valence-electron chi connectivity index (χ2n) is 6.94. The summed E-state index contributed by atoms with van der Waals surface area (Å²) in [7, 11) is 0. The Balaban J connectivity index is 1.68. The molecule has 28 heavy (non-hydrogen) atoms. The monoisotopic (exact) mass is 380 g/mol. The van der Waals surface area contributed by atoms with Crippen LogP contribution < -0.4 is 22.1 Å². The minimum Gasteiger partial charge on any atom is -0.365 e. The topological polar surface area (TPSA) is 119 Å². The molecule has 4 rings (SSSR count). The van der Waals surface area contributed by atoms with Gasteiger partial charge >= 0.3 is 0 Å². The average molecular weight is 380 g/mol. The van der Waals surface area contributed by atoms with Gasteiger partial charge in [0.05, 0.1) is 11.1 Å². The molecule has 1 aromatic carbocycles. The van der Waals surface area contributed by atoms with Gasteiger partial charge in [-0.3, -0.25) is 9.78 Å². The fourth-order valence-corrected chi connectivity index (χ4v) is 3.21. The number of fused-ring (bicyclic) bond motifs is 1. The molecule has 1 amide bonds. The highest BCUT2D eigenvalue weighted by Crippen LogP contribution is 2.34. The number of carbonyl (C=O) groups excluding carboxylic acids is 1. The van der Waals surface area contributed by atoms with E-state index in [9.17, 15) is 9.18 Å². The third kappa shape index (κ3) is 3.72. The highest BCUT2D eigenvalue weighted by Gasteiger charge is 2.31. The van der Waals surface area contributed by atoms with Gasteiger partial charge in [0, 0.05) is 29.9 Å². The number of anilines is 3. The van der Waals surface area contributed by atoms with E-state index in [-0.39, 0.29) is 23.2 Å². The Bertz CT molecular complexity index is 1040. The molecule has 0 bridgehead atoms. The summed E-state index contributed by atoms with van der Waals surface area (Å²) in [5, 5.41) is 7.06. The molecule has 144 valence electrons. The maximum atomic E-state index is 14.5. The predicted molar refractivity (Wildman–Crippen MR) is 107 cm³/mol. The van der Waals surface area contributed by atoms with Crippen LogP contribution in [-0.4, -0.2) is 28.5 Å². The van der Waals surface area contributed by atoms with E-state index in [1.165, 1.54) is 0 Å². The Labute approximate surface area is 161 Å². The van der Waals surface area contributed by atoms with E-state index >= 15 is 0 Å². The van der Waals surface area contributed by atoms with Gasteiger partial charge in [-0.05, 0) is 49.1 Å². The summed E-state index contributed by atoms with van der Waals surface area (Å²) in [6, 6.07) is 10.3. The first-order valence-corrected chi connectivity index (χ1v) is 9.14. The second kappa shape index (κ2) is 7.40. The minimum absolute atomic E-state index is 0.0231. The van der Waals surface area contributed by atoms with Crippen LogP contribution >= 0.6 is 0 Å². The molecule has 7 nitrogen and oxygen atoms in total. The van der Waals surface area contributed by atoms with Crippen LogP contribution in [0.1, 0.15) is 23.2 Å². The van der Waals surface area contributed by atoms with Crippen LogP contribution in [-0.2, 0) is 0 Å². The summed E-state index contributed by atoms with van der Waals surface area (Å²) in [4.78, 5) is 20.4. The number of rotatable bonds is 7. The zero-order chi connectivity index (χ0) is 19.7. The molecule has 1 saturated carbocycles. The normalized spacial score (nSPS) is 14.6. The van der Waals surface area contributed by atoms with Crippen molar-refractivity contribution in [2.75, 3.05) is 17.2 Å². The van der Waals surface area contributed by atoms with Crippen LogP contribution in [0.2, 0.25) is 0 Å². The largest absolute Gasteiger partial charge is 0.365 e. The number of nitrogens with one attached hydrogen (secondary N) is 2. The lowest BCUT2D eigenvalue weighted by molar-refractivity contribution is 0.100. The Kier molecular flexibility index (Phi) is 4.79. The highest BCUT2D eigenvalue weighted by atomic mass is 19.1. The Hall–Kier alpha value is -3.26. The molecule has 2 aromatic heterocycles. The molecule has 1 atom stereocenters. The molecule has 8 heteroatoms. The zero-order valence-electron chi connectivity index (χ0n) is 15.2. The molecule has 0 aliphatic heterocycles. The predicted octanol–water partition coefficient (Wildman–Crippen LogP) is 2.76. The number of amides is 1. The summed E-state index contributed by atoms with van der Waals surface area (Å²) >= 11 is 0. The Morgan fingerprint density at radius 3 is 2.79 bits per heavy atom. The van der Waals surface area contributed by atoms with Gasteiger partial charge in [0.25, 0.3) is 5.91 Å². The molecular formula is C20H21FN6O. The fourth-order valence-electron chi connectivity index (χ4n) is 3.21. The molecule has 0 radical (unpaired) electrons. The van der Waals surface area contributed by atoms with Crippen LogP contribution in [0.4, 0.5) is 21.7 Å². The molecule has 1 fully saturated rings. The van der Waals surface area contributed by atoms with Crippen molar-refractivity contribution in [2.24, 2.45) is 17.4 Å². The number of nitrogens with zero attached hydrogens (tertiary/aromatic N) is 2. The molecule has 2 heterocycles. The van der Waals surface area contributed by atoms with Gasteiger partial charge in [-0.1, -0.05) is 6.07 Å². The molecule has 0 spiro atoms.